The van der Waals surface area contributed by atoms with Crippen molar-refractivity contribution in [3.8, 4) is 12.1 Å². The monoisotopic (exact) mass is 164 g/mol. The highest BCUT2D eigenvalue weighted by Crippen LogP contribution is 2.29. The first-order valence-electron chi connectivity index (χ1n) is 3.67. The second kappa shape index (κ2) is 3.82. The van der Waals surface area contributed by atoms with E-state index < -0.39 is 17.4 Å². The first-order valence-corrected chi connectivity index (χ1v) is 3.67. The molecule has 0 aromatic heterocycles. The Hall–Kier alpha value is -1.42. The predicted molar refractivity (Wildman–Crippen MR) is 43.1 cm³/mol. The molecule has 4 nitrogen and oxygen atoms in total. The summed E-state index contributed by atoms with van der Waals surface area (Å²) in [5.41, 5.74) is 6.02. The third kappa shape index (κ3) is 2.03. The summed E-state index contributed by atoms with van der Waals surface area (Å²) in [5, 5.41) is 20.7. The minimum absolute atomic E-state index is 0.412. The van der Waals surface area contributed by atoms with Crippen LogP contribution in [-0.2, 0) is 0 Å². The van der Waals surface area contributed by atoms with Crippen LogP contribution in [0.2, 0.25) is 0 Å². The molecule has 0 bridgehead atoms. The normalized spacial score (nSPS) is 15.4. The van der Waals surface area contributed by atoms with Crippen LogP contribution in [0.5, 0.6) is 0 Å². The number of nitrogens with one attached hydrogen (secondary N) is 1. The summed E-state index contributed by atoms with van der Waals surface area (Å²) in [7, 11) is 0. The van der Waals surface area contributed by atoms with Crippen molar-refractivity contribution < 1.29 is 0 Å². The quantitative estimate of drug-likeness (QED) is 0.647. The Morgan fingerprint density at radius 1 is 1.42 bits per heavy atom. The van der Waals surface area contributed by atoms with E-state index in [9.17, 15) is 0 Å². The van der Waals surface area contributed by atoms with Crippen LogP contribution in [0.1, 0.15) is 20.8 Å². The molecule has 0 rings (SSSR count). The highest BCUT2D eigenvalue weighted by atomic mass is 15.0. The average Bonchev–Trinajstić information content (AvgIpc) is 2.05. The molecule has 0 aliphatic carbocycles. The van der Waals surface area contributed by atoms with E-state index in [1.165, 1.54) is 0 Å². The van der Waals surface area contributed by atoms with Gasteiger partial charge < -0.3 is 0 Å². The molecule has 0 spiro atoms. The summed E-state index contributed by atoms with van der Waals surface area (Å²) in [5.74, 6) is -0.514. The van der Waals surface area contributed by atoms with Crippen molar-refractivity contribution in [2.45, 2.75) is 26.8 Å². The Morgan fingerprint density at radius 3 is 2.17 bits per heavy atom. The molecular formula is C8H12N4. The summed E-state index contributed by atoms with van der Waals surface area (Å²) in [6.07, 6.45) is 0. The van der Waals surface area contributed by atoms with Crippen LogP contribution in [0.25, 0.3) is 0 Å². The molecule has 4 heteroatoms. The van der Waals surface area contributed by atoms with E-state index in [2.05, 4.69) is 5.11 Å². The lowest BCUT2D eigenvalue weighted by Gasteiger charge is -2.23. The maximum Gasteiger partial charge on any atom is 0.0882 e. The van der Waals surface area contributed by atoms with E-state index in [0.717, 1.165) is 0 Å². The second-order valence-electron chi connectivity index (χ2n) is 3.31. The molecule has 0 heterocycles. The Balaban J connectivity index is 4.72. The summed E-state index contributed by atoms with van der Waals surface area (Å²) in [4.78, 5) is 0. The minimum atomic E-state index is -0.737. The maximum absolute atomic E-state index is 8.75. The van der Waals surface area contributed by atoms with Gasteiger partial charge >= 0.3 is 0 Å². The molecule has 12 heavy (non-hydrogen) atoms. The largest absolute Gasteiger partial charge is 0.210 e. The van der Waals surface area contributed by atoms with Gasteiger partial charge in [0, 0.05) is 0 Å². The lowest BCUT2D eigenvalue weighted by atomic mass is 9.77. The first kappa shape index (κ1) is 10.6. The van der Waals surface area contributed by atoms with Crippen LogP contribution < -0.4 is 0 Å². The minimum Gasteiger partial charge on any atom is -0.210 e. The number of rotatable bonds is 3. The zero-order valence-corrected chi connectivity index (χ0v) is 7.50. The third-order valence-electron chi connectivity index (χ3n) is 1.89. The van der Waals surface area contributed by atoms with E-state index >= 15 is 0 Å². The van der Waals surface area contributed by atoms with Gasteiger partial charge in [-0.1, -0.05) is 0 Å². The smallest absolute Gasteiger partial charge is 0.0882 e. The molecule has 0 fully saturated rings. The van der Waals surface area contributed by atoms with Gasteiger partial charge in [0.1, 0.15) is 0 Å². The molecule has 2 atom stereocenters. The van der Waals surface area contributed by atoms with Crippen molar-refractivity contribution >= 4 is 0 Å². The van der Waals surface area contributed by atoms with Gasteiger partial charge in [0.25, 0.3) is 0 Å². The van der Waals surface area contributed by atoms with Gasteiger partial charge in [-0.3, -0.25) is 0 Å². The number of hydrogen-bond acceptors (Lipinski definition) is 4. The van der Waals surface area contributed by atoms with Crippen LogP contribution in [0.4, 0.5) is 0 Å². The summed E-state index contributed by atoms with van der Waals surface area (Å²) in [6, 6.07) is 3.64. The molecule has 64 valence electrons. The Bertz CT molecular complexity index is 243. The maximum atomic E-state index is 8.75. The van der Waals surface area contributed by atoms with Crippen molar-refractivity contribution in [3.63, 3.8) is 0 Å². The molecule has 0 aliphatic rings. The molecule has 0 saturated heterocycles. The zero-order chi connectivity index (χ0) is 9.78. The SMILES string of the molecule is C[C@H](N=N)C(C#N)C(C)(C)C#N. The predicted octanol–water partition coefficient (Wildman–Crippen LogP) is 2.10. The summed E-state index contributed by atoms with van der Waals surface area (Å²) < 4.78 is 0. The fraction of sp³-hybridized carbons (Fsp3) is 0.750. The van der Waals surface area contributed by atoms with Crippen molar-refractivity contribution in [1.29, 1.82) is 16.1 Å². The molecule has 1 unspecified atom stereocenters. The highest BCUT2D eigenvalue weighted by molar-refractivity contribution is 5.08. The van der Waals surface area contributed by atoms with Gasteiger partial charge in [0.05, 0.1) is 29.5 Å². The molecule has 0 aromatic carbocycles. The molecule has 1 N–H and O–H groups in total. The lowest BCUT2D eigenvalue weighted by molar-refractivity contribution is 0.315. The number of nitrogens with zero attached hydrogens (tertiary/aromatic N) is 3. The molecule has 0 radical (unpaired) electrons. The van der Waals surface area contributed by atoms with Gasteiger partial charge in [0.2, 0.25) is 0 Å². The van der Waals surface area contributed by atoms with Crippen LogP contribution in [0, 0.1) is 39.5 Å². The topological polar surface area (TPSA) is 83.8 Å². The number of nitriles is 2. The lowest BCUT2D eigenvalue weighted by Crippen LogP contribution is -2.28. The Morgan fingerprint density at radius 2 is 1.92 bits per heavy atom. The zero-order valence-electron chi connectivity index (χ0n) is 7.50. The molecule has 0 aromatic rings. The molecule has 0 saturated carbocycles. The molecule has 0 aliphatic heterocycles. The van der Waals surface area contributed by atoms with Crippen molar-refractivity contribution in [2.75, 3.05) is 0 Å². The van der Waals surface area contributed by atoms with E-state index in [4.69, 9.17) is 16.1 Å². The molecule has 0 amide bonds. The van der Waals surface area contributed by atoms with E-state index in [1.54, 1.807) is 20.8 Å². The van der Waals surface area contributed by atoms with Crippen LogP contribution >= 0.6 is 0 Å². The van der Waals surface area contributed by atoms with Crippen molar-refractivity contribution in [3.05, 3.63) is 0 Å². The van der Waals surface area contributed by atoms with Crippen molar-refractivity contribution in [1.82, 2.24) is 0 Å². The van der Waals surface area contributed by atoms with Gasteiger partial charge in [0.15, 0.2) is 0 Å². The van der Waals surface area contributed by atoms with Crippen LogP contribution in [0.3, 0.4) is 0 Å². The van der Waals surface area contributed by atoms with Gasteiger partial charge in [-0.2, -0.15) is 15.6 Å². The highest BCUT2D eigenvalue weighted by Gasteiger charge is 2.34. The molecular weight excluding hydrogens is 152 g/mol. The average molecular weight is 164 g/mol. The summed E-state index contributed by atoms with van der Waals surface area (Å²) in [6.45, 7) is 5.03. The standard InChI is InChI=1S/C8H12N4/c1-6(12-11)7(4-9)8(2,3)5-10/h6-7,11H,1-3H3/t6-,7?/m0/s1. The van der Waals surface area contributed by atoms with Gasteiger partial charge in [-0.05, 0) is 20.8 Å². The van der Waals surface area contributed by atoms with Crippen molar-refractivity contribution in [2.24, 2.45) is 16.4 Å². The summed E-state index contributed by atoms with van der Waals surface area (Å²) >= 11 is 0. The van der Waals surface area contributed by atoms with E-state index in [-0.39, 0.29) is 0 Å². The Kier molecular flexibility index (Phi) is 3.37. The first-order chi connectivity index (χ1) is 5.49. The van der Waals surface area contributed by atoms with Gasteiger partial charge in [-0.15, -0.1) is 0 Å². The van der Waals surface area contributed by atoms with Crippen LogP contribution in [-0.4, -0.2) is 6.04 Å². The van der Waals surface area contributed by atoms with E-state index in [1.807, 2.05) is 12.1 Å². The number of hydrogen-bond donors (Lipinski definition) is 1. The second-order valence-corrected chi connectivity index (χ2v) is 3.31. The Labute approximate surface area is 72.3 Å². The van der Waals surface area contributed by atoms with Crippen LogP contribution in [0.15, 0.2) is 5.11 Å². The van der Waals surface area contributed by atoms with Gasteiger partial charge in [-0.25, -0.2) is 5.53 Å². The fourth-order valence-corrected chi connectivity index (χ4v) is 1.02. The van der Waals surface area contributed by atoms with E-state index in [0.29, 0.717) is 0 Å². The third-order valence-corrected chi connectivity index (χ3v) is 1.89. The fourth-order valence-electron chi connectivity index (χ4n) is 1.02.